The minimum Gasteiger partial charge on any atom is -0.481 e. The first-order valence-electron chi connectivity index (χ1n) is 10.2. The summed E-state index contributed by atoms with van der Waals surface area (Å²) in [7, 11) is -4.44. The number of fused-ring (bicyclic) bond motifs is 3. The Morgan fingerprint density at radius 2 is 1.64 bits per heavy atom. The summed E-state index contributed by atoms with van der Waals surface area (Å²) in [6.07, 6.45) is 4.12. The predicted octanol–water partition coefficient (Wildman–Crippen LogP) is 3.44. The van der Waals surface area contributed by atoms with Crippen molar-refractivity contribution in [1.82, 2.24) is 0 Å². The summed E-state index contributed by atoms with van der Waals surface area (Å²) in [4.78, 5) is 23.5. The van der Waals surface area contributed by atoms with E-state index < -0.39 is 38.1 Å². The molecule has 0 spiro atoms. The molecule has 0 aromatic carbocycles. The van der Waals surface area contributed by atoms with Crippen LogP contribution in [0, 0.1) is 34.0 Å². The first kappa shape index (κ1) is 21.6. The van der Waals surface area contributed by atoms with Gasteiger partial charge in [-0.1, -0.05) is 20.3 Å². The fraction of sp³-hybridized carbons (Fsp3) is 0.900. The van der Waals surface area contributed by atoms with Gasteiger partial charge in [-0.05, 0) is 74.0 Å². The topological polar surface area (TPSA) is 129 Å². The summed E-state index contributed by atoms with van der Waals surface area (Å²) in [5, 5.41) is 18.1. The van der Waals surface area contributed by atoms with Gasteiger partial charge in [-0.2, -0.15) is 8.42 Å². The van der Waals surface area contributed by atoms with Crippen LogP contribution in [0.2, 0.25) is 0 Å². The number of hydrogen-bond donors (Lipinski definition) is 3. The maximum Gasteiger partial charge on any atom is 0.309 e. The van der Waals surface area contributed by atoms with Crippen LogP contribution in [0.1, 0.15) is 72.1 Å². The number of carboxylic acid groups (broad SMARTS) is 2. The number of carboxylic acids is 2. The second kappa shape index (κ2) is 6.69. The lowest BCUT2D eigenvalue weighted by Gasteiger charge is -2.62. The maximum atomic E-state index is 12.4. The van der Waals surface area contributed by atoms with Crippen LogP contribution in [0.3, 0.4) is 0 Å². The van der Waals surface area contributed by atoms with Crippen LogP contribution in [0.5, 0.6) is 0 Å². The van der Waals surface area contributed by atoms with Gasteiger partial charge >= 0.3 is 11.9 Å². The van der Waals surface area contributed by atoms with Crippen molar-refractivity contribution in [2.24, 2.45) is 34.0 Å². The van der Waals surface area contributed by atoms with Gasteiger partial charge in [0.2, 0.25) is 0 Å². The van der Waals surface area contributed by atoms with Gasteiger partial charge in [0.05, 0.1) is 17.1 Å². The molecule has 3 rings (SSSR count). The van der Waals surface area contributed by atoms with E-state index in [9.17, 15) is 32.8 Å². The molecule has 0 aliphatic heterocycles. The largest absolute Gasteiger partial charge is 0.481 e. The van der Waals surface area contributed by atoms with Crippen LogP contribution >= 0.6 is 0 Å². The summed E-state index contributed by atoms with van der Waals surface area (Å²) in [5.41, 5.74) is -2.16. The molecule has 0 aromatic heterocycles. The second-order valence-electron chi connectivity index (χ2n) is 10.2. The third kappa shape index (κ3) is 3.16. The van der Waals surface area contributed by atoms with E-state index in [2.05, 4.69) is 6.92 Å². The Bertz CT molecular complexity index is 777. The van der Waals surface area contributed by atoms with E-state index in [1.54, 1.807) is 6.92 Å². The third-order valence-electron chi connectivity index (χ3n) is 8.60. The smallest absolute Gasteiger partial charge is 0.309 e. The van der Waals surface area contributed by atoms with E-state index in [0.717, 1.165) is 12.8 Å². The highest BCUT2D eigenvalue weighted by Gasteiger charge is 2.64. The lowest BCUT2D eigenvalue weighted by atomic mass is 9.43. The summed E-state index contributed by atoms with van der Waals surface area (Å²) in [6.45, 7) is 5.57. The zero-order valence-corrected chi connectivity index (χ0v) is 17.7. The van der Waals surface area contributed by atoms with Gasteiger partial charge in [0.15, 0.2) is 0 Å². The molecule has 160 valence electrons. The lowest BCUT2D eigenvalue weighted by Crippen LogP contribution is -2.61. The molecule has 28 heavy (non-hydrogen) atoms. The molecular weight excluding hydrogens is 384 g/mol. The Kier molecular flexibility index (Phi) is 5.15. The average molecular weight is 417 g/mol. The van der Waals surface area contributed by atoms with Crippen LogP contribution in [0.25, 0.3) is 0 Å². The summed E-state index contributed by atoms with van der Waals surface area (Å²) in [6, 6.07) is 0. The van der Waals surface area contributed by atoms with Crippen molar-refractivity contribution in [2.45, 2.75) is 77.4 Å². The molecule has 7 unspecified atom stereocenters. The summed E-state index contributed by atoms with van der Waals surface area (Å²) < 4.78 is 34.9. The van der Waals surface area contributed by atoms with E-state index in [1.807, 2.05) is 6.92 Å². The Balaban J connectivity index is 2.04. The van der Waals surface area contributed by atoms with Crippen molar-refractivity contribution < 1.29 is 32.8 Å². The third-order valence-corrected chi connectivity index (χ3v) is 10.2. The van der Waals surface area contributed by atoms with Crippen molar-refractivity contribution in [3.63, 3.8) is 0 Å². The fourth-order valence-corrected chi connectivity index (χ4v) is 9.16. The van der Waals surface area contributed by atoms with Crippen LogP contribution in [-0.2, 0) is 19.7 Å². The van der Waals surface area contributed by atoms with Crippen LogP contribution in [0.4, 0.5) is 0 Å². The fourth-order valence-electron chi connectivity index (χ4n) is 7.48. The highest BCUT2D eigenvalue weighted by Crippen LogP contribution is 2.66. The molecule has 3 N–H and O–H groups in total. The highest BCUT2D eigenvalue weighted by molar-refractivity contribution is 7.86. The van der Waals surface area contributed by atoms with Gasteiger partial charge in [-0.3, -0.25) is 14.1 Å². The van der Waals surface area contributed by atoms with Gasteiger partial charge in [0.1, 0.15) is 0 Å². The molecule has 0 heterocycles. The zero-order chi connectivity index (χ0) is 21.1. The minimum absolute atomic E-state index is 0.0287. The number of carbonyl (C=O) groups is 2. The van der Waals surface area contributed by atoms with Crippen molar-refractivity contribution in [3.05, 3.63) is 0 Å². The molecule has 3 saturated carbocycles. The first-order valence-corrected chi connectivity index (χ1v) is 11.7. The van der Waals surface area contributed by atoms with Gasteiger partial charge in [0.25, 0.3) is 10.1 Å². The summed E-state index contributed by atoms with van der Waals surface area (Å²) in [5.74, 6) is -2.27. The van der Waals surface area contributed by atoms with Crippen LogP contribution in [0.15, 0.2) is 0 Å². The number of hydrogen-bond acceptors (Lipinski definition) is 4. The van der Waals surface area contributed by atoms with Crippen molar-refractivity contribution >= 4 is 22.1 Å². The second-order valence-corrected chi connectivity index (χ2v) is 11.7. The summed E-state index contributed by atoms with van der Waals surface area (Å²) >= 11 is 0. The molecule has 8 heteroatoms. The normalized spacial score (nSPS) is 46.3. The Labute approximate surface area is 166 Å². The molecule has 3 fully saturated rings. The molecule has 0 bridgehead atoms. The Hall–Kier alpha value is -1.15. The van der Waals surface area contributed by atoms with Crippen molar-refractivity contribution in [3.8, 4) is 0 Å². The number of rotatable bonds is 4. The van der Waals surface area contributed by atoms with Crippen molar-refractivity contribution in [1.29, 1.82) is 0 Å². The molecule has 0 radical (unpaired) electrons. The van der Waals surface area contributed by atoms with E-state index in [4.69, 9.17) is 0 Å². The SMILES string of the molecule is CC1(CC(=O)O)CCC2C(CCC3C(C)(C(=O)O)CCCC23C)C1S(=O)(=O)O. The molecule has 3 aliphatic carbocycles. The molecule has 0 aromatic rings. The first-order chi connectivity index (χ1) is 12.8. The van der Waals surface area contributed by atoms with Gasteiger partial charge in [-0.25, -0.2) is 0 Å². The van der Waals surface area contributed by atoms with Crippen LogP contribution < -0.4 is 0 Å². The van der Waals surface area contributed by atoms with Gasteiger partial charge < -0.3 is 10.2 Å². The zero-order valence-electron chi connectivity index (χ0n) is 16.8. The molecular formula is C20H32O7S. The lowest BCUT2D eigenvalue weighted by molar-refractivity contribution is -0.175. The Morgan fingerprint density at radius 3 is 2.18 bits per heavy atom. The van der Waals surface area contributed by atoms with E-state index in [-0.39, 0.29) is 29.6 Å². The van der Waals surface area contributed by atoms with Crippen molar-refractivity contribution in [2.75, 3.05) is 0 Å². The molecule has 7 atom stereocenters. The quantitative estimate of drug-likeness (QED) is 0.599. The molecule has 7 nitrogen and oxygen atoms in total. The minimum atomic E-state index is -4.44. The van der Waals surface area contributed by atoms with E-state index in [0.29, 0.717) is 32.1 Å². The molecule has 3 aliphatic rings. The number of aliphatic carboxylic acids is 2. The van der Waals surface area contributed by atoms with Gasteiger partial charge in [-0.15, -0.1) is 0 Å². The Morgan fingerprint density at radius 1 is 1.00 bits per heavy atom. The van der Waals surface area contributed by atoms with E-state index >= 15 is 0 Å². The van der Waals surface area contributed by atoms with Crippen LogP contribution in [-0.4, -0.2) is 40.4 Å². The molecule has 0 saturated heterocycles. The highest BCUT2D eigenvalue weighted by atomic mass is 32.2. The average Bonchev–Trinajstić information content (AvgIpc) is 2.51. The maximum absolute atomic E-state index is 12.4. The van der Waals surface area contributed by atoms with E-state index in [1.165, 1.54) is 0 Å². The standard InChI is InChI=1S/C20H32O7S/c1-18(11-15(21)22)10-7-13-12(16(18)28(25,26)27)5-6-14-19(13,2)8-4-9-20(14,3)17(23)24/h12-14,16H,4-11H2,1-3H3,(H,21,22)(H,23,24)(H,25,26,27). The predicted molar refractivity (Wildman–Crippen MR) is 102 cm³/mol. The van der Waals surface area contributed by atoms with Gasteiger partial charge in [0, 0.05) is 0 Å². The monoisotopic (exact) mass is 416 g/mol. The molecule has 0 amide bonds.